The van der Waals surface area contributed by atoms with E-state index in [1.807, 2.05) is 0 Å². The second kappa shape index (κ2) is 7.05. The smallest absolute Gasteiger partial charge is 0.331 e. The Morgan fingerprint density at radius 3 is 2.58 bits per heavy atom. The van der Waals surface area contributed by atoms with Crippen molar-refractivity contribution in [3.05, 3.63) is 11.6 Å². The van der Waals surface area contributed by atoms with Crippen molar-refractivity contribution in [3.8, 4) is 0 Å². The maximum Gasteiger partial charge on any atom is 0.331 e. The van der Waals surface area contributed by atoms with Crippen molar-refractivity contribution in [2.45, 2.75) is 89.9 Å². The largest absolute Gasteiger partial charge is 0.462 e. The molecule has 5 rings (SSSR count). The molecule has 1 heterocycles. The minimum atomic E-state index is -0.947. The van der Waals surface area contributed by atoms with Gasteiger partial charge in [-0.3, -0.25) is 4.79 Å². The summed E-state index contributed by atoms with van der Waals surface area (Å²) in [5.41, 5.74) is -0.616. The number of cyclic esters (lactones) is 1. The summed E-state index contributed by atoms with van der Waals surface area (Å²) in [6.07, 6.45) is 7.69. The first-order valence-corrected chi connectivity index (χ1v) is 12.0. The second-order valence-corrected chi connectivity index (χ2v) is 11.4. The highest BCUT2D eigenvalue weighted by atomic mass is 16.5. The highest BCUT2D eigenvalue weighted by Crippen LogP contribution is 2.70. The molecule has 0 bridgehead atoms. The molecule has 0 aromatic carbocycles. The highest BCUT2D eigenvalue weighted by Gasteiger charge is 2.71. The number of carbonyl (C=O) groups is 2. The molecule has 5 aliphatic rings. The summed E-state index contributed by atoms with van der Waals surface area (Å²) in [7, 11) is 0. The molecule has 6 unspecified atom stereocenters. The van der Waals surface area contributed by atoms with Crippen LogP contribution in [0.2, 0.25) is 0 Å². The maximum absolute atomic E-state index is 12.4. The molecule has 6 nitrogen and oxygen atoms in total. The number of aliphatic hydroxyl groups excluding tert-OH is 1. The highest BCUT2D eigenvalue weighted by molar-refractivity contribution is 5.85. The third-order valence-electron chi connectivity index (χ3n) is 10.3. The summed E-state index contributed by atoms with van der Waals surface area (Å²) < 4.78 is 11.2. The van der Waals surface area contributed by atoms with Crippen LogP contribution in [0.4, 0.5) is 0 Å². The van der Waals surface area contributed by atoms with Crippen LogP contribution in [0.25, 0.3) is 0 Å². The van der Waals surface area contributed by atoms with Crippen LogP contribution in [0.3, 0.4) is 0 Å². The van der Waals surface area contributed by atoms with E-state index < -0.39 is 17.1 Å². The fourth-order valence-electron chi connectivity index (χ4n) is 8.71. The lowest BCUT2D eigenvalue weighted by molar-refractivity contribution is -0.250. The van der Waals surface area contributed by atoms with Gasteiger partial charge >= 0.3 is 11.9 Å². The lowest BCUT2D eigenvalue weighted by Crippen LogP contribution is -2.67. The number of hydrogen-bond donors (Lipinski definition) is 2. The molecule has 0 aromatic heterocycles. The van der Waals surface area contributed by atoms with E-state index in [0.717, 1.165) is 50.5 Å². The Hall–Kier alpha value is -1.40. The van der Waals surface area contributed by atoms with Gasteiger partial charge in [-0.05, 0) is 86.0 Å². The molecule has 9 atom stereocenters. The summed E-state index contributed by atoms with van der Waals surface area (Å²) in [5, 5.41) is 22.7. The lowest BCUT2D eigenvalue weighted by atomic mass is 9.42. The number of ether oxygens (including phenoxy) is 2. The molecule has 0 amide bonds. The quantitative estimate of drug-likeness (QED) is 0.651. The van der Waals surface area contributed by atoms with E-state index in [0.29, 0.717) is 12.3 Å². The zero-order chi connectivity index (χ0) is 22.2. The molecule has 4 aliphatic carbocycles. The minimum Gasteiger partial charge on any atom is -0.462 e. The van der Waals surface area contributed by atoms with Gasteiger partial charge in [0.25, 0.3) is 0 Å². The van der Waals surface area contributed by atoms with E-state index in [-0.39, 0.29) is 47.8 Å². The fraction of sp³-hybridized carbons (Fsp3) is 0.840. The van der Waals surface area contributed by atoms with Gasteiger partial charge in [0.1, 0.15) is 12.7 Å². The zero-order valence-corrected chi connectivity index (χ0v) is 18.9. The molecular formula is C25H36O6. The average molecular weight is 433 g/mol. The Labute approximate surface area is 184 Å². The first kappa shape index (κ1) is 21.4. The third-order valence-corrected chi connectivity index (χ3v) is 10.3. The maximum atomic E-state index is 12.4. The van der Waals surface area contributed by atoms with Gasteiger partial charge < -0.3 is 19.7 Å². The minimum absolute atomic E-state index is 0.0343. The van der Waals surface area contributed by atoms with E-state index in [1.54, 1.807) is 6.08 Å². The first-order chi connectivity index (χ1) is 14.6. The molecule has 2 N–H and O–H groups in total. The van der Waals surface area contributed by atoms with Crippen LogP contribution >= 0.6 is 0 Å². The van der Waals surface area contributed by atoms with Gasteiger partial charge in [-0.15, -0.1) is 0 Å². The molecule has 172 valence electrons. The summed E-state index contributed by atoms with van der Waals surface area (Å²) >= 11 is 0. The summed E-state index contributed by atoms with van der Waals surface area (Å²) in [6.45, 7) is 6.14. The monoisotopic (exact) mass is 432 g/mol. The number of hydrogen-bond acceptors (Lipinski definition) is 6. The molecule has 0 aromatic rings. The Balaban J connectivity index is 1.56. The predicted molar refractivity (Wildman–Crippen MR) is 113 cm³/mol. The summed E-state index contributed by atoms with van der Waals surface area (Å²) in [4.78, 5) is 24.0. The van der Waals surface area contributed by atoms with Crippen molar-refractivity contribution < 1.29 is 29.3 Å². The Bertz CT molecular complexity index is 821. The second-order valence-electron chi connectivity index (χ2n) is 11.4. The van der Waals surface area contributed by atoms with Gasteiger partial charge in [0, 0.05) is 18.4 Å². The van der Waals surface area contributed by atoms with Crippen LogP contribution in [-0.4, -0.2) is 46.6 Å². The van der Waals surface area contributed by atoms with Crippen LogP contribution in [-0.2, 0) is 19.1 Å². The number of carbonyl (C=O) groups excluding carboxylic acids is 2. The van der Waals surface area contributed by atoms with Gasteiger partial charge in [-0.1, -0.05) is 13.8 Å². The van der Waals surface area contributed by atoms with E-state index >= 15 is 0 Å². The lowest BCUT2D eigenvalue weighted by Gasteiger charge is -2.65. The van der Waals surface area contributed by atoms with Gasteiger partial charge in [0.05, 0.1) is 11.7 Å². The van der Waals surface area contributed by atoms with Crippen molar-refractivity contribution in [2.75, 3.05) is 6.61 Å². The molecule has 0 radical (unpaired) electrons. The standard InChI is InChI=1S/C25H36O6/c1-14(26)31-21-12-20-19(5-4-16-11-17(27)6-8-23(16,20)2)25(29)9-7-18(24(21,25)3)15-10-22(28)30-13-15/h10,16-21,27,29H,4-9,11-13H2,1-3H3/t16?,17-,18?,19?,20?,21+,23?,24?,25-/m0/s1. The van der Waals surface area contributed by atoms with Gasteiger partial charge in [-0.2, -0.15) is 0 Å². The van der Waals surface area contributed by atoms with Crippen LogP contribution in [0, 0.1) is 34.5 Å². The number of aliphatic hydroxyl groups is 2. The SMILES string of the molecule is CC(=O)O[C@@H]1CC2C(CCC3C[C@@H](O)CCC32C)[C@@]2(O)CCC(C3=CC(=O)OC3)C12C. The topological polar surface area (TPSA) is 93.1 Å². The normalized spacial score (nSPS) is 51.3. The molecule has 4 fully saturated rings. The number of rotatable bonds is 2. The van der Waals surface area contributed by atoms with Crippen molar-refractivity contribution in [1.29, 1.82) is 0 Å². The van der Waals surface area contributed by atoms with E-state index in [1.165, 1.54) is 6.92 Å². The summed E-state index contributed by atoms with van der Waals surface area (Å²) in [5.74, 6) is 0.180. The van der Waals surface area contributed by atoms with E-state index in [9.17, 15) is 19.8 Å². The van der Waals surface area contributed by atoms with Crippen molar-refractivity contribution >= 4 is 11.9 Å². The van der Waals surface area contributed by atoms with Crippen molar-refractivity contribution in [2.24, 2.45) is 34.5 Å². The first-order valence-electron chi connectivity index (χ1n) is 12.0. The van der Waals surface area contributed by atoms with Crippen LogP contribution in [0.15, 0.2) is 11.6 Å². The van der Waals surface area contributed by atoms with Crippen LogP contribution in [0.5, 0.6) is 0 Å². The molecule has 1 aliphatic heterocycles. The van der Waals surface area contributed by atoms with Gasteiger partial charge in [-0.25, -0.2) is 4.79 Å². The summed E-state index contributed by atoms with van der Waals surface area (Å²) in [6, 6.07) is 0. The van der Waals surface area contributed by atoms with Crippen LogP contribution < -0.4 is 0 Å². The molecular weight excluding hydrogens is 396 g/mol. The number of esters is 2. The molecule has 0 spiro atoms. The average Bonchev–Trinajstić information content (AvgIpc) is 3.24. The van der Waals surface area contributed by atoms with Crippen molar-refractivity contribution in [3.63, 3.8) is 0 Å². The van der Waals surface area contributed by atoms with Gasteiger partial charge in [0.15, 0.2) is 0 Å². The van der Waals surface area contributed by atoms with E-state index in [2.05, 4.69) is 13.8 Å². The fourth-order valence-corrected chi connectivity index (χ4v) is 8.71. The third kappa shape index (κ3) is 2.90. The van der Waals surface area contributed by atoms with E-state index in [4.69, 9.17) is 9.47 Å². The number of fused-ring (bicyclic) bond motifs is 5. The van der Waals surface area contributed by atoms with Gasteiger partial charge in [0.2, 0.25) is 0 Å². The van der Waals surface area contributed by atoms with Crippen LogP contribution in [0.1, 0.15) is 72.1 Å². The van der Waals surface area contributed by atoms with Crippen molar-refractivity contribution in [1.82, 2.24) is 0 Å². The Morgan fingerprint density at radius 2 is 1.90 bits per heavy atom. The molecule has 4 saturated carbocycles. The zero-order valence-electron chi connectivity index (χ0n) is 18.9. The molecule has 0 saturated heterocycles. The predicted octanol–water partition coefficient (Wildman–Crippen LogP) is 3.15. The molecule has 6 heteroatoms. The Kier molecular flexibility index (Phi) is 4.88. The Morgan fingerprint density at radius 1 is 1.13 bits per heavy atom. The molecule has 31 heavy (non-hydrogen) atoms.